The van der Waals surface area contributed by atoms with E-state index in [0.29, 0.717) is 12.4 Å². The molecule has 0 aliphatic carbocycles. The molecule has 2 N–H and O–H groups in total. The molecule has 0 aliphatic rings. The molecule has 26 heavy (non-hydrogen) atoms. The summed E-state index contributed by atoms with van der Waals surface area (Å²) in [6.45, 7) is 3.85. The third kappa shape index (κ3) is 7.72. The van der Waals surface area contributed by atoms with Gasteiger partial charge in [0.25, 0.3) is 0 Å². The van der Waals surface area contributed by atoms with Crippen LogP contribution in [-0.2, 0) is 6.42 Å². The van der Waals surface area contributed by atoms with Crippen LogP contribution in [0.5, 0.6) is 0 Å². The van der Waals surface area contributed by atoms with Gasteiger partial charge < -0.3 is 15.1 Å². The number of nitrogens with one attached hydrogen (secondary N) is 2. The molecule has 0 aliphatic heterocycles. The van der Waals surface area contributed by atoms with Gasteiger partial charge in [0.15, 0.2) is 5.96 Å². The zero-order chi connectivity index (χ0) is 17.9. The quantitative estimate of drug-likeness (QED) is 0.245. The van der Waals surface area contributed by atoms with Crippen LogP contribution < -0.4 is 10.6 Å². The minimum Gasteiger partial charge on any atom is -0.444 e. The predicted octanol–water partition coefficient (Wildman–Crippen LogP) is 4.39. The highest BCUT2D eigenvalue weighted by molar-refractivity contribution is 14.0. The number of halogens is 2. The molecule has 1 heterocycles. The molecular weight excluding hydrogens is 446 g/mol. The number of unbranched alkanes of at least 4 members (excludes halogenated alkanes) is 3. The molecule has 1 aromatic carbocycles. The minimum atomic E-state index is -0.270. The molecule has 0 saturated heterocycles. The number of hydrogen-bond acceptors (Lipinski definition) is 3. The number of benzene rings is 1. The summed E-state index contributed by atoms with van der Waals surface area (Å²) in [6.07, 6.45) is 7.27. The van der Waals surface area contributed by atoms with Crippen molar-refractivity contribution < 1.29 is 8.81 Å². The number of aliphatic imine (C=N–C) groups is 1. The molecule has 2 rings (SSSR count). The third-order valence-electron chi connectivity index (χ3n) is 3.86. The molecule has 0 amide bonds. The van der Waals surface area contributed by atoms with E-state index >= 15 is 0 Å². The van der Waals surface area contributed by atoms with E-state index in [1.807, 2.05) is 0 Å². The lowest BCUT2D eigenvalue weighted by Crippen LogP contribution is -2.38. The SMILES string of the molecule is CCCCCCNC(=NC)NCCc1coc(-c2ccc(F)cc2)n1.I. The van der Waals surface area contributed by atoms with E-state index in [2.05, 4.69) is 27.5 Å². The molecule has 0 radical (unpaired) electrons. The highest BCUT2D eigenvalue weighted by Crippen LogP contribution is 2.18. The van der Waals surface area contributed by atoms with Crippen molar-refractivity contribution in [3.8, 4) is 11.5 Å². The van der Waals surface area contributed by atoms with Crippen LogP contribution >= 0.6 is 24.0 Å². The third-order valence-corrected chi connectivity index (χ3v) is 3.86. The van der Waals surface area contributed by atoms with E-state index in [1.165, 1.54) is 31.4 Å². The van der Waals surface area contributed by atoms with Crippen LogP contribution in [0.2, 0.25) is 0 Å². The Morgan fingerprint density at radius 2 is 1.85 bits per heavy atom. The zero-order valence-electron chi connectivity index (χ0n) is 15.4. The van der Waals surface area contributed by atoms with Crippen molar-refractivity contribution in [2.24, 2.45) is 4.99 Å². The Bertz CT molecular complexity index is 658. The van der Waals surface area contributed by atoms with Gasteiger partial charge in [0.05, 0.1) is 5.69 Å². The fourth-order valence-electron chi connectivity index (χ4n) is 2.44. The Morgan fingerprint density at radius 1 is 1.12 bits per heavy atom. The van der Waals surface area contributed by atoms with Gasteiger partial charge in [-0.2, -0.15) is 0 Å². The van der Waals surface area contributed by atoms with Gasteiger partial charge >= 0.3 is 0 Å². The number of oxazole rings is 1. The fourth-order valence-corrected chi connectivity index (χ4v) is 2.44. The lowest BCUT2D eigenvalue weighted by atomic mass is 10.2. The van der Waals surface area contributed by atoms with Gasteiger partial charge in [0, 0.05) is 32.1 Å². The van der Waals surface area contributed by atoms with Crippen molar-refractivity contribution in [3.63, 3.8) is 0 Å². The summed E-state index contributed by atoms with van der Waals surface area (Å²) in [7, 11) is 1.77. The van der Waals surface area contributed by atoms with Crippen LogP contribution in [0.25, 0.3) is 11.5 Å². The van der Waals surface area contributed by atoms with Crippen molar-refractivity contribution in [1.29, 1.82) is 0 Å². The number of rotatable bonds is 9. The molecule has 0 bridgehead atoms. The molecule has 2 aromatic rings. The summed E-state index contributed by atoms with van der Waals surface area (Å²) in [6, 6.07) is 6.12. The summed E-state index contributed by atoms with van der Waals surface area (Å²) >= 11 is 0. The number of guanidine groups is 1. The maximum Gasteiger partial charge on any atom is 0.226 e. The van der Waals surface area contributed by atoms with E-state index < -0.39 is 0 Å². The van der Waals surface area contributed by atoms with Gasteiger partial charge in [-0.3, -0.25) is 4.99 Å². The average Bonchev–Trinajstić information content (AvgIpc) is 3.09. The number of nitrogens with zero attached hydrogens (tertiary/aromatic N) is 2. The van der Waals surface area contributed by atoms with Crippen molar-refractivity contribution in [2.45, 2.75) is 39.0 Å². The summed E-state index contributed by atoms with van der Waals surface area (Å²) in [5.74, 6) is 1.04. The zero-order valence-corrected chi connectivity index (χ0v) is 17.8. The monoisotopic (exact) mass is 474 g/mol. The molecular formula is C19H28FIN4O. The summed E-state index contributed by atoms with van der Waals surface area (Å²) < 4.78 is 18.4. The molecule has 7 heteroatoms. The lowest BCUT2D eigenvalue weighted by Gasteiger charge is -2.11. The van der Waals surface area contributed by atoms with Crippen LogP contribution in [0, 0.1) is 5.82 Å². The summed E-state index contributed by atoms with van der Waals surface area (Å²) in [5.41, 5.74) is 1.62. The van der Waals surface area contributed by atoms with Gasteiger partial charge in [-0.25, -0.2) is 9.37 Å². The van der Waals surface area contributed by atoms with Crippen LogP contribution in [0.15, 0.2) is 39.9 Å². The van der Waals surface area contributed by atoms with Crippen molar-refractivity contribution in [1.82, 2.24) is 15.6 Å². The molecule has 0 unspecified atom stereocenters. The van der Waals surface area contributed by atoms with E-state index in [0.717, 1.165) is 36.6 Å². The Labute approximate surface area is 171 Å². The summed E-state index contributed by atoms with van der Waals surface area (Å²) in [4.78, 5) is 8.65. The van der Waals surface area contributed by atoms with Crippen molar-refractivity contribution >= 4 is 29.9 Å². The predicted molar refractivity (Wildman–Crippen MR) is 115 cm³/mol. The highest BCUT2D eigenvalue weighted by atomic mass is 127. The van der Waals surface area contributed by atoms with Crippen molar-refractivity contribution in [3.05, 3.63) is 42.0 Å². The molecule has 5 nitrogen and oxygen atoms in total. The largest absolute Gasteiger partial charge is 0.444 e. The lowest BCUT2D eigenvalue weighted by molar-refractivity contribution is 0.571. The van der Waals surface area contributed by atoms with Crippen LogP contribution in [0.4, 0.5) is 4.39 Å². The molecule has 0 atom stereocenters. The molecule has 0 saturated carbocycles. The maximum atomic E-state index is 13.0. The second-order valence-corrected chi connectivity index (χ2v) is 5.89. The fraction of sp³-hybridized carbons (Fsp3) is 0.474. The second-order valence-electron chi connectivity index (χ2n) is 5.89. The van der Waals surface area contributed by atoms with Crippen LogP contribution in [0.3, 0.4) is 0 Å². The number of hydrogen-bond donors (Lipinski definition) is 2. The van der Waals surface area contributed by atoms with E-state index in [9.17, 15) is 4.39 Å². The molecule has 0 fully saturated rings. The topological polar surface area (TPSA) is 62.5 Å². The minimum absolute atomic E-state index is 0. The first-order valence-corrected chi connectivity index (χ1v) is 8.87. The van der Waals surface area contributed by atoms with Gasteiger partial charge in [-0.15, -0.1) is 24.0 Å². The van der Waals surface area contributed by atoms with Crippen LogP contribution in [0.1, 0.15) is 38.3 Å². The van der Waals surface area contributed by atoms with Crippen LogP contribution in [-0.4, -0.2) is 31.1 Å². The van der Waals surface area contributed by atoms with Gasteiger partial charge in [0.2, 0.25) is 5.89 Å². The first-order chi connectivity index (χ1) is 12.2. The summed E-state index contributed by atoms with van der Waals surface area (Å²) in [5, 5.41) is 6.58. The molecule has 1 aromatic heterocycles. The Kier molecular flexibility index (Phi) is 10.9. The first kappa shape index (κ1) is 22.4. The van der Waals surface area contributed by atoms with Gasteiger partial charge in [-0.1, -0.05) is 26.2 Å². The Morgan fingerprint density at radius 3 is 2.54 bits per heavy atom. The van der Waals surface area contributed by atoms with Crippen molar-refractivity contribution in [2.75, 3.05) is 20.1 Å². The number of aromatic nitrogens is 1. The smallest absolute Gasteiger partial charge is 0.226 e. The first-order valence-electron chi connectivity index (χ1n) is 8.87. The van der Waals surface area contributed by atoms with E-state index in [-0.39, 0.29) is 29.8 Å². The average molecular weight is 474 g/mol. The normalized spacial score (nSPS) is 11.1. The van der Waals surface area contributed by atoms with Gasteiger partial charge in [-0.05, 0) is 30.7 Å². The Balaban J connectivity index is 0.00000338. The Hall–Kier alpha value is -1.64. The van der Waals surface area contributed by atoms with Gasteiger partial charge in [0.1, 0.15) is 12.1 Å². The van der Waals surface area contributed by atoms with E-state index in [4.69, 9.17) is 4.42 Å². The molecule has 0 spiro atoms. The second kappa shape index (κ2) is 12.7. The highest BCUT2D eigenvalue weighted by Gasteiger charge is 2.07. The maximum absolute atomic E-state index is 13.0. The molecule has 144 valence electrons. The van der Waals surface area contributed by atoms with E-state index in [1.54, 1.807) is 25.4 Å². The standard InChI is InChI=1S/C19H27FN4O.HI/c1-3-4-5-6-12-22-19(21-2)23-13-11-17-14-25-18(24-17)15-7-9-16(20)10-8-15;/h7-10,14H,3-6,11-13H2,1-2H3,(H2,21,22,23);1H.